The van der Waals surface area contributed by atoms with E-state index in [0.717, 1.165) is 21.4 Å². The summed E-state index contributed by atoms with van der Waals surface area (Å²) in [4.78, 5) is 25.6. The molecule has 0 saturated heterocycles. The zero-order chi connectivity index (χ0) is 21.7. The van der Waals surface area contributed by atoms with Crippen LogP contribution >= 0.6 is 0 Å². The van der Waals surface area contributed by atoms with Crippen LogP contribution in [-0.4, -0.2) is 22.4 Å². The Kier molecular flexibility index (Phi) is 6.23. The van der Waals surface area contributed by atoms with Gasteiger partial charge in [-0.15, -0.1) is 0 Å². The molecule has 0 saturated carbocycles. The highest BCUT2D eigenvalue weighted by Gasteiger charge is 2.22. The molecule has 0 aliphatic heterocycles. The molecule has 0 fully saturated rings. The molecule has 0 bridgehead atoms. The molecule has 30 heavy (non-hydrogen) atoms. The molecule has 0 N–H and O–H groups in total. The number of carbonyl (C=O) groups excluding carboxylic acids is 1. The summed E-state index contributed by atoms with van der Waals surface area (Å²) in [6.07, 6.45) is 3.29. The zero-order valence-corrected chi connectivity index (χ0v) is 17.0. The maximum atomic E-state index is 13.0. The summed E-state index contributed by atoms with van der Waals surface area (Å²) in [6.45, 7) is 5.73. The molecule has 0 spiro atoms. The Morgan fingerprint density at radius 2 is 1.67 bits per heavy atom. The summed E-state index contributed by atoms with van der Waals surface area (Å²) < 4.78 is 6.19. The minimum Gasteiger partial charge on any atom is -0.461 e. The van der Waals surface area contributed by atoms with Crippen molar-refractivity contribution in [2.24, 2.45) is 0 Å². The number of hydrogen-bond acceptors (Lipinski definition) is 5. The van der Waals surface area contributed by atoms with Gasteiger partial charge in [0.15, 0.2) is 5.69 Å². The number of nitriles is 1. The van der Waals surface area contributed by atoms with E-state index < -0.39 is 11.5 Å². The molecule has 0 unspecified atom stereocenters. The summed E-state index contributed by atoms with van der Waals surface area (Å²) in [5.41, 5.74) is 2.73. The van der Waals surface area contributed by atoms with Crippen molar-refractivity contribution >= 4 is 18.1 Å². The summed E-state index contributed by atoms with van der Waals surface area (Å²) >= 11 is 0. The number of rotatable bonds is 5. The molecule has 2 aromatic carbocycles. The number of aryl methyl sites for hydroxylation is 2. The van der Waals surface area contributed by atoms with E-state index in [0.29, 0.717) is 5.69 Å². The van der Waals surface area contributed by atoms with Crippen LogP contribution in [0.3, 0.4) is 0 Å². The first kappa shape index (κ1) is 20.7. The van der Waals surface area contributed by atoms with Crippen molar-refractivity contribution in [3.63, 3.8) is 0 Å². The Bertz CT molecular complexity index is 1200. The molecular weight excluding hydrogens is 378 g/mol. The molecule has 1 heterocycles. The second-order valence-corrected chi connectivity index (χ2v) is 6.77. The van der Waals surface area contributed by atoms with Gasteiger partial charge in [0.25, 0.3) is 5.56 Å². The highest BCUT2D eigenvalue weighted by molar-refractivity contribution is 5.94. The molecule has 0 aliphatic rings. The molecule has 0 amide bonds. The SMILES string of the molecule is CCOC(=O)c1nn(-c2ccc(C)cc2)c(=O)c(C#N)c1/C=C/c1ccc(C)cc1. The van der Waals surface area contributed by atoms with Crippen LogP contribution in [0.2, 0.25) is 0 Å². The van der Waals surface area contributed by atoms with Crippen LogP contribution in [0.15, 0.2) is 53.3 Å². The third-order valence-corrected chi connectivity index (χ3v) is 4.51. The van der Waals surface area contributed by atoms with Crippen LogP contribution in [-0.2, 0) is 4.74 Å². The van der Waals surface area contributed by atoms with E-state index in [2.05, 4.69) is 5.10 Å². The average molecular weight is 399 g/mol. The number of ether oxygens (including phenoxy) is 1. The highest BCUT2D eigenvalue weighted by Crippen LogP contribution is 2.17. The lowest BCUT2D eigenvalue weighted by atomic mass is 10.1. The van der Waals surface area contributed by atoms with Crippen LogP contribution in [0.1, 0.15) is 45.2 Å². The maximum Gasteiger partial charge on any atom is 0.359 e. The summed E-state index contributed by atoms with van der Waals surface area (Å²) in [5.74, 6) is -0.696. The molecule has 6 heteroatoms. The summed E-state index contributed by atoms with van der Waals surface area (Å²) in [7, 11) is 0. The third-order valence-electron chi connectivity index (χ3n) is 4.51. The van der Waals surface area contributed by atoms with E-state index in [1.54, 1.807) is 31.2 Å². The van der Waals surface area contributed by atoms with Crippen molar-refractivity contribution in [3.05, 3.63) is 92.4 Å². The van der Waals surface area contributed by atoms with Crippen molar-refractivity contribution in [1.82, 2.24) is 9.78 Å². The first-order chi connectivity index (χ1) is 14.4. The molecule has 3 rings (SSSR count). The van der Waals surface area contributed by atoms with Crippen molar-refractivity contribution in [2.45, 2.75) is 20.8 Å². The summed E-state index contributed by atoms with van der Waals surface area (Å²) in [6, 6.07) is 16.7. The van der Waals surface area contributed by atoms with E-state index in [1.807, 2.05) is 56.3 Å². The van der Waals surface area contributed by atoms with Crippen LogP contribution in [0, 0.1) is 25.2 Å². The van der Waals surface area contributed by atoms with Crippen molar-refractivity contribution in [1.29, 1.82) is 5.26 Å². The largest absolute Gasteiger partial charge is 0.461 e. The number of esters is 1. The quantitative estimate of drug-likeness (QED) is 0.604. The maximum absolute atomic E-state index is 13.0. The predicted molar refractivity (Wildman–Crippen MR) is 115 cm³/mol. The molecular formula is C24H21N3O3. The van der Waals surface area contributed by atoms with Gasteiger partial charge in [-0.25, -0.2) is 4.79 Å². The fourth-order valence-corrected chi connectivity index (χ4v) is 2.88. The van der Waals surface area contributed by atoms with Crippen LogP contribution in [0.5, 0.6) is 0 Å². The second kappa shape index (κ2) is 9.01. The van der Waals surface area contributed by atoms with E-state index in [9.17, 15) is 14.9 Å². The van der Waals surface area contributed by atoms with Gasteiger partial charge in [0.2, 0.25) is 0 Å². The summed E-state index contributed by atoms with van der Waals surface area (Å²) in [5, 5.41) is 14.0. The molecule has 3 aromatic rings. The lowest BCUT2D eigenvalue weighted by molar-refractivity contribution is 0.0516. The number of benzene rings is 2. The van der Waals surface area contributed by atoms with E-state index >= 15 is 0 Å². The van der Waals surface area contributed by atoms with Gasteiger partial charge >= 0.3 is 5.97 Å². The van der Waals surface area contributed by atoms with E-state index in [4.69, 9.17) is 4.74 Å². The average Bonchev–Trinajstić information content (AvgIpc) is 2.74. The molecule has 6 nitrogen and oxygen atoms in total. The van der Waals surface area contributed by atoms with Gasteiger partial charge in [0.05, 0.1) is 12.3 Å². The van der Waals surface area contributed by atoms with Gasteiger partial charge in [-0.3, -0.25) is 4.79 Å². The molecule has 0 atom stereocenters. The smallest absolute Gasteiger partial charge is 0.359 e. The number of nitrogens with zero attached hydrogens (tertiary/aromatic N) is 3. The van der Waals surface area contributed by atoms with Crippen LogP contribution in [0.25, 0.3) is 17.8 Å². The Hall–Kier alpha value is -3.98. The minimum atomic E-state index is -0.696. The first-order valence-electron chi connectivity index (χ1n) is 9.51. The Labute approximate surface area is 174 Å². The number of carbonyl (C=O) groups is 1. The lowest BCUT2D eigenvalue weighted by Gasteiger charge is -2.11. The van der Waals surface area contributed by atoms with Crippen LogP contribution in [0.4, 0.5) is 0 Å². The minimum absolute atomic E-state index is 0.0862. The first-order valence-corrected chi connectivity index (χ1v) is 9.51. The second-order valence-electron chi connectivity index (χ2n) is 6.77. The molecule has 1 aromatic heterocycles. The monoisotopic (exact) mass is 399 g/mol. The molecule has 150 valence electrons. The number of hydrogen-bond donors (Lipinski definition) is 0. The normalized spacial score (nSPS) is 10.7. The van der Waals surface area contributed by atoms with Gasteiger partial charge in [-0.1, -0.05) is 59.7 Å². The Morgan fingerprint density at radius 1 is 1.07 bits per heavy atom. The highest BCUT2D eigenvalue weighted by atomic mass is 16.5. The van der Waals surface area contributed by atoms with Gasteiger partial charge in [0.1, 0.15) is 11.6 Å². The number of aromatic nitrogens is 2. The standard InChI is InChI=1S/C24H21N3O3/c1-4-30-24(29)22-20(14-11-18-9-5-16(2)6-10-18)21(15-25)23(28)27(26-22)19-12-7-17(3)8-13-19/h5-14H,4H2,1-3H3/b14-11+. The zero-order valence-electron chi connectivity index (χ0n) is 17.0. The lowest BCUT2D eigenvalue weighted by Crippen LogP contribution is -2.28. The van der Waals surface area contributed by atoms with Crippen molar-refractivity contribution in [2.75, 3.05) is 6.61 Å². The fraction of sp³-hybridized carbons (Fsp3) is 0.167. The van der Waals surface area contributed by atoms with Gasteiger partial charge in [-0.05, 0) is 38.5 Å². The van der Waals surface area contributed by atoms with Crippen LogP contribution < -0.4 is 5.56 Å². The van der Waals surface area contributed by atoms with E-state index in [1.165, 1.54) is 0 Å². The Balaban J connectivity index is 2.21. The fourth-order valence-electron chi connectivity index (χ4n) is 2.88. The van der Waals surface area contributed by atoms with Gasteiger partial charge < -0.3 is 4.74 Å². The van der Waals surface area contributed by atoms with Crippen molar-refractivity contribution < 1.29 is 9.53 Å². The van der Waals surface area contributed by atoms with Crippen molar-refractivity contribution in [3.8, 4) is 11.8 Å². The third kappa shape index (κ3) is 4.36. The topological polar surface area (TPSA) is 85.0 Å². The molecule has 0 aliphatic carbocycles. The van der Waals surface area contributed by atoms with Gasteiger partial charge in [-0.2, -0.15) is 15.0 Å². The Morgan fingerprint density at radius 3 is 2.23 bits per heavy atom. The van der Waals surface area contributed by atoms with E-state index in [-0.39, 0.29) is 23.4 Å². The van der Waals surface area contributed by atoms with Gasteiger partial charge in [0, 0.05) is 5.56 Å². The predicted octanol–water partition coefficient (Wildman–Crippen LogP) is 4.07. The molecule has 0 radical (unpaired) electrons.